The largest absolute Gasteiger partial charge is 0.456 e. The summed E-state index contributed by atoms with van der Waals surface area (Å²) in [7, 11) is 0. The summed E-state index contributed by atoms with van der Waals surface area (Å²) in [6, 6.07) is 0. The number of carbonyl (C=O) groups is 1. The van der Waals surface area contributed by atoms with Crippen LogP contribution in [0.5, 0.6) is 0 Å². The minimum atomic E-state index is -1.11. The number of hydrogen-bond acceptors (Lipinski definition) is 4. The number of hydrogen-bond donors (Lipinski definition) is 2. The molecule has 0 bridgehead atoms. The van der Waals surface area contributed by atoms with Gasteiger partial charge in [0.15, 0.2) is 6.10 Å². The first-order chi connectivity index (χ1) is 8.78. The fourth-order valence-electron chi connectivity index (χ4n) is 4.85. The number of esters is 1. The summed E-state index contributed by atoms with van der Waals surface area (Å²) in [5.41, 5.74) is -2.16. The Hall–Kier alpha value is -0.610. The van der Waals surface area contributed by atoms with Crippen LogP contribution in [0.2, 0.25) is 0 Å². The van der Waals surface area contributed by atoms with Crippen molar-refractivity contribution in [3.63, 3.8) is 0 Å². The van der Waals surface area contributed by atoms with Gasteiger partial charge in [0.1, 0.15) is 11.2 Å². The van der Waals surface area contributed by atoms with Crippen LogP contribution in [0.3, 0.4) is 0 Å². The molecule has 0 spiro atoms. The highest BCUT2D eigenvalue weighted by Crippen LogP contribution is 2.57. The zero-order valence-corrected chi connectivity index (χ0v) is 11.9. The third-order valence-electron chi connectivity index (χ3n) is 5.96. The quantitative estimate of drug-likeness (QED) is 0.653. The zero-order valence-electron chi connectivity index (χ0n) is 11.9. The molecule has 19 heavy (non-hydrogen) atoms. The van der Waals surface area contributed by atoms with Gasteiger partial charge in [0, 0.05) is 5.92 Å². The van der Waals surface area contributed by atoms with E-state index in [2.05, 4.69) is 6.92 Å². The normalized spacial score (nSPS) is 57.3. The summed E-state index contributed by atoms with van der Waals surface area (Å²) in [6.45, 7) is 5.69. The standard InChI is InChI=1S/C15H24O4/c1-8-4-5-11-9(2)12(16)19-13-14(3,17)7-6-10(8)15(11,13)18/h8-11,13,17-18H,4-7H2,1-3H3/t8-,9-,10+,11+,13+,14?,15+/m1/s1. The van der Waals surface area contributed by atoms with Crippen molar-refractivity contribution in [3.8, 4) is 0 Å². The Morgan fingerprint density at radius 1 is 1.16 bits per heavy atom. The van der Waals surface area contributed by atoms with Crippen molar-refractivity contribution >= 4 is 5.97 Å². The molecule has 2 saturated carbocycles. The van der Waals surface area contributed by atoms with Crippen molar-refractivity contribution in [1.29, 1.82) is 0 Å². The zero-order chi connectivity index (χ0) is 14.0. The first kappa shape index (κ1) is 13.4. The second kappa shape index (κ2) is 3.95. The van der Waals surface area contributed by atoms with Crippen molar-refractivity contribution in [2.45, 2.75) is 63.8 Å². The van der Waals surface area contributed by atoms with Gasteiger partial charge >= 0.3 is 5.97 Å². The van der Waals surface area contributed by atoms with E-state index in [-0.39, 0.29) is 23.7 Å². The molecule has 4 heteroatoms. The Bertz CT molecular complexity index is 405. The maximum Gasteiger partial charge on any atom is 0.309 e. The molecule has 108 valence electrons. The molecule has 2 aliphatic carbocycles. The fraction of sp³-hybridized carbons (Fsp3) is 0.933. The number of carbonyl (C=O) groups excluding carboxylic acids is 1. The Kier molecular flexibility index (Phi) is 2.78. The van der Waals surface area contributed by atoms with Crippen LogP contribution in [0.15, 0.2) is 0 Å². The van der Waals surface area contributed by atoms with Crippen molar-refractivity contribution in [3.05, 3.63) is 0 Å². The third kappa shape index (κ3) is 1.62. The van der Waals surface area contributed by atoms with Gasteiger partial charge in [0.25, 0.3) is 0 Å². The van der Waals surface area contributed by atoms with Crippen LogP contribution >= 0.6 is 0 Å². The number of ether oxygens (including phenoxy) is 1. The summed E-state index contributed by atoms with van der Waals surface area (Å²) >= 11 is 0. The van der Waals surface area contributed by atoms with E-state index in [0.717, 1.165) is 19.3 Å². The SMILES string of the molecule is C[C@@H]1CC[C@H]2[C@@H](C)C(=O)O[C@H]3C(C)(O)CC[C@@H]1[C@]23O. The lowest BCUT2D eigenvalue weighted by Crippen LogP contribution is -2.73. The molecule has 0 aromatic rings. The second-order valence-electron chi connectivity index (χ2n) is 7.16. The van der Waals surface area contributed by atoms with Gasteiger partial charge in [0.05, 0.1) is 5.92 Å². The molecule has 1 saturated heterocycles. The highest BCUT2D eigenvalue weighted by Gasteiger charge is 2.67. The first-order valence-corrected chi connectivity index (χ1v) is 7.43. The minimum absolute atomic E-state index is 0.0771. The Morgan fingerprint density at radius 2 is 1.84 bits per heavy atom. The van der Waals surface area contributed by atoms with Crippen LogP contribution in [0.1, 0.15) is 46.5 Å². The van der Waals surface area contributed by atoms with E-state index >= 15 is 0 Å². The molecule has 3 aliphatic rings. The van der Waals surface area contributed by atoms with Crippen molar-refractivity contribution in [2.24, 2.45) is 23.7 Å². The van der Waals surface area contributed by atoms with E-state index in [1.54, 1.807) is 6.92 Å². The smallest absolute Gasteiger partial charge is 0.309 e. The highest BCUT2D eigenvalue weighted by molar-refractivity contribution is 5.74. The number of rotatable bonds is 0. The molecule has 3 fully saturated rings. The molecule has 1 unspecified atom stereocenters. The first-order valence-electron chi connectivity index (χ1n) is 7.43. The van der Waals surface area contributed by atoms with Crippen LogP contribution in [-0.4, -0.2) is 33.5 Å². The van der Waals surface area contributed by atoms with E-state index in [0.29, 0.717) is 12.3 Å². The van der Waals surface area contributed by atoms with Gasteiger partial charge < -0.3 is 14.9 Å². The molecular formula is C15H24O4. The molecule has 0 aromatic heterocycles. The molecule has 3 rings (SSSR count). The summed E-state index contributed by atoms with van der Waals surface area (Å²) in [6.07, 6.45) is 2.52. The van der Waals surface area contributed by atoms with Gasteiger partial charge in [-0.2, -0.15) is 0 Å². The molecule has 0 amide bonds. The van der Waals surface area contributed by atoms with Crippen LogP contribution < -0.4 is 0 Å². The van der Waals surface area contributed by atoms with Crippen LogP contribution in [0.25, 0.3) is 0 Å². The van der Waals surface area contributed by atoms with E-state index in [9.17, 15) is 15.0 Å². The van der Waals surface area contributed by atoms with Gasteiger partial charge in [-0.3, -0.25) is 4.79 Å². The average Bonchev–Trinajstić information content (AvgIpc) is 2.31. The Morgan fingerprint density at radius 3 is 2.53 bits per heavy atom. The average molecular weight is 268 g/mol. The molecule has 4 nitrogen and oxygen atoms in total. The van der Waals surface area contributed by atoms with E-state index in [4.69, 9.17) is 4.74 Å². The second-order valence-corrected chi connectivity index (χ2v) is 7.16. The summed E-state index contributed by atoms with van der Waals surface area (Å²) in [5, 5.41) is 21.9. The topological polar surface area (TPSA) is 66.8 Å². The molecule has 0 aromatic carbocycles. The lowest BCUT2D eigenvalue weighted by Gasteiger charge is -2.61. The maximum atomic E-state index is 12.0. The minimum Gasteiger partial charge on any atom is -0.456 e. The predicted molar refractivity (Wildman–Crippen MR) is 69.2 cm³/mol. The summed E-state index contributed by atoms with van der Waals surface area (Å²) < 4.78 is 5.47. The van der Waals surface area contributed by atoms with Gasteiger partial charge in [-0.25, -0.2) is 0 Å². The van der Waals surface area contributed by atoms with Crippen LogP contribution in [0, 0.1) is 23.7 Å². The number of aliphatic hydroxyl groups is 2. The van der Waals surface area contributed by atoms with Crippen molar-refractivity contribution < 1.29 is 19.7 Å². The Labute approximate surface area is 114 Å². The van der Waals surface area contributed by atoms with Crippen LogP contribution in [0.4, 0.5) is 0 Å². The molecule has 2 N–H and O–H groups in total. The van der Waals surface area contributed by atoms with Gasteiger partial charge in [0.2, 0.25) is 0 Å². The van der Waals surface area contributed by atoms with E-state index in [1.807, 2.05) is 6.92 Å². The predicted octanol–water partition coefficient (Wildman–Crippen LogP) is 1.49. The summed E-state index contributed by atoms with van der Waals surface area (Å²) in [5.74, 6) is -0.0668. The highest BCUT2D eigenvalue weighted by atomic mass is 16.6. The lowest BCUT2D eigenvalue weighted by molar-refractivity contribution is -0.292. The molecule has 0 radical (unpaired) electrons. The van der Waals surface area contributed by atoms with E-state index in [1.165, 1.54) is 0 Å². The maximum absolute atomic E-state index is 12.0. The molecule has 1 aliphatic heterocycles. The molecule has 1 heterocycles. The lowest BCUT2D eigenvalue weighted by atomic mass is 9.51. The monoisotopic (exact) mass is 268 g/mol. The van der Waals surface area contributed by atoms with Gasteiger partial charge in [-0.15, -0.1) is 0 Å². The molecular weight excluding hydrogens is 244 g/mol. The summed E-state index contributed by atoms with van der Waals surface area (Å²) in [4.78, 5) is 12.0. The van der Waals surface area contributed by atoms with Gasteiger partial charge in [-0.1, -0.05) is 13.8 Å². The van der Waals surface area contributed by atoms with Gasteiger partial charge in [-0.05, 0) is 44.4 Å². The van der Waals surface area contributed by atoms with Crippen molar-refractivity contribution in [1.82, 2.24) is 0 Å². The molecule has 7 atom stereocenters. The fourth-order valence-corrected chi connectivity index (χ4v) is 4.85. The van der Waals surface area contributed by atoms with Crippen LogP contribution in [-0.2, 0) is 9.53 Å². The Balaban J connectivity index is 2.08. The van der Waals surface area contributed by atoms with Crippen molar-refractivity contribution in [2.75, 3.05) is 0 Å². The van der Waals surface area contributed by atoms with E-state index < -0.39 is 17.3 Å². The third-order valence-corrected chi connectivity index (χ3v) is 5.96.